The molecule has 1 saturated heterocycles. The number of halogens is 1. The Labute approximate surface area is 120 Å². The average Bonchev–Trinajstić information content (AvgIpc) is 2.46. The number of nitro groups is 1. The molecule has 1 aliphatic rings. The van der Waals surface area contributed by atoms with Crippen LogP contribution in [0, 0.1) is 10.1 Å². The Morgan fingerprint density at radius 1 is 1.60 bits per heavy atom. The average molecular weight is 300 g/mol. The minimum Gasteiger partial charge on any atom is -0.373 e. The number of ether oxygens (including phenoxy) is 1. The Bertz CT molecular complexity index is 537. The van der Waals surface area contributed by atoms with E-state index >= 15 is 0 Å². The third-order valence-corrected chi connectivity index (χ3v) is 3.31. The molecule has 0 saturated carbocycles. The summed E-state index contributed by atoms with van der Waals surface area (Å²) in [7, 11) is 0. The largest absolute Gasteiger partial charge is 0.373 e. The van der Waals surface area contributed by atoms with Crippen molar-refractivity contribution in [1.29, 1.82) is 0 Å². The summed E-state index contributed by atoms with van der Waals surface area (Å²) >= 11 is 5.82. The predicted molar refractivity (Wildman–Crippen MR) is 72.8 cm³/mol. The van der Waals surface area contributed by atoms with E-state index < -0.39 is 10.8 Å². The van der Waals surface area contributed by atoms with Crippen molar-refractivity contribution in [3.05, 3.63) is 38.9 Å². The summed E-state index contributed by atoms with van der Waals surface area (Å²) in [4.78, 5) is 24.3. The summed E-state index contributed by atoms with van der Waals surface area (Å²) in [6.07, 6.45) is -0.244. The van der Waals surface area contributed by atoms with Crippen molar-refractivity contribution in [3.8, 4) is 0 Å². The Morgan fingerprint density at radius 2 is 2.35 bits per heavy atom. The molecular formula is C12H14ClN3O4. The van der Waals surface area contributed by atoms with Crippen LogP contribution in [0.5, 0.6) is 0 Å². The van der Waals surface area contributed by atoms with E-state index in [4.69, 9.17) is 22.1 Å². The molecule has 1 aromatic rings. The second kappa shape index (κ2) is 6.17. The van der Waals surface area contributed by atoms with E-state index in [1.165, 1.54) is 23.1 Å². The molecule has 1 unspecified atom stereocenters. The first-order valence-electron chi connectivity index (χ1n) is 6.08. The first-order chi connectivity index (χ1) is 9.52. The Morgan fingerprint density at radius 3 is 3.00 bits per heavy atom. The molecule has 7 nitrogen and oxygen atoms in total. The molecule has 1 atom stereocenters. The summed E-state index contributed by atoms with van der Waals surface area (Å²) < 4.78 is 5.37. The lowest BCUT2D eigenvalue weighted by molar-refractivity contribution is -0.385. The molecule has 0 radical (unpaired) electrons. The van der Waals surface area contributed by atoms with Crippen LogP contribution in [-0.4, -0.2) is 48.1 Å². The molecule has 108 valence electrons. The highest BCUT2D eigenvalue weighted by molar-refractivity contribution is 6.31. The molecule has 0 aromatic heterocycles. The predicted octanol–water partition coefficient (Wildman–Crippen LogP) is 1.05. The highest BCUT2D eigenvalue weighted by Crippen LogP contribution is 2.24. The second-order valence-electron chi connectivity index (χ2n) is 4.40. The zero-order chi connectivity index (χ0) is 14.7. The van der Waals surface area contributed by atoms with E-state index in [1.807, 2.05) is 0 Å². The van der Waals surface area contributed by atoms with E-state index in [1.54, 1.807) is 0 Å². The van der Waals surface area contributed by atoms with Gasteiger partial charge in [-0.05, 0) is 12.1 Å². The lowest BCUT2D eigenvalue weighted by Crippen LogP contribution is -2.48. The standard InChI is InChI=1S/C12H14ClN3O4/c13-8-1-2-11(16(18)19)10(5-8)12(17)15-3-4-20-9(6-14)7-15/h1-2,5,9H,3-4,6-7,14H2. The maximum atomic E-state index is 12.4. The molecule has 2 rings (SSSR count). The van der Waals surface area contributed by atoms with Crippen molar-refractivity contribution in [2.24, 2.45) is 5.73 Å². The zero-order valence-electron chi connectivity index (χ0n) is 10.6. The number of rotatable bonds is 3. The maximum absolute atomic E-state index is 12.4. The molecular weight excluding hydrogens is 286 g/mol. The molecule has 0 aliphatic carbocycles. The van der Waals surface area contributed by atoms with Crippen molar-refractivity contribution in [2.75, 3.05) is 26.2 Å². The number of benzene rings is 1. The van der Waals surface area contributed by atoms with Gasteiger partial charge in [-0.25, -0.2) is 0 Å². The number of carbonyl (C=O) groups is 1. The van der Waals surface area contributed by atoms with Crippen LogP contribution >= 0.6 is 11.6 Å². The smallest absolute Gasteiger partial charge is 0.282 e. The maximum Gasteiger partial charge on any atom is 0.282 e. The van der Waals surface area contributed by atoms with Gasteiger partial charge in [0.25, 0.3) is 11.6 Å². The summed E-state index contributed by atoms with van der Waals surface area (Å²) in [5.74, 6) is -0.430. The van der Waals surface area contributed by atoms with E-state index in [0.717, 1.165) is 0 Å². The Kier molecular flexibility index (Phi) is 4.53. The van der Waals surface area contributed by atoms with E-state index in [2.05, 4.69) is 0 Å². The van der Waals surface area contributed by atoms with Gasteiger partial charge in [-0.2, -0.15) is 0 Å². The fraction of sp³-hybridized carbons (Fsp3) is 0.417. The molecule has 2 N–H and O–H groups in total. The van der Waals surface area contributed by atoms with Crippen LogP contribution in [0.4, 0.5) is 5.69 Å². The summed E-state index contributed by atoms with van der Waals surface area (Å²) in [5, 5.41) is 11.3. The summed E-state index contributed by atoms with van der Waals surface area (Å²) in [6.45, 7) is 1.35. The number of nitro benzene ring substituents is 1. The van der Waals surface area contributed by atoms with Gasteiger partial charge in [0.15, 0.2) is 0 Å². The number of nitrogens with zero attached hydrogens (tertiary/aromatic N) is 2. The normalized spacial score (nSPS) is 18.9. The van der Waals surface area contributed by atoms with E-state index in [0.29, 0.717) is 26.2 Å². The number of nitrogens with two attached hydrogens (primary N) is 1. The highest BCUT2D eigenvalue weighted by Gasteiger charge is 2.29. The van der Waals surface area contributed by atoms with Crippen LogP contribution < -0.4 is 5.73 Å². The van der Waals surface area contributed by atoms with Crippen molar-refractivity contribution in [1.82, 2.24) is 4.90 Å². The lowest BCUT2D eigenvalue weighted by Gasteiger charge is -2.32. The molecule has 1 amide bonds. The van der Waals surface area contributed by atoms with Gasteiger partial charge < -0.3 is 15.4 Å². The minimum atomic E-state index is -0.593. The molecule has 0 spiro atoms. The van der Waals surface area contributed by atoms with Gasteiger partial charge in [-0.1, -0.05) is 11.6 Å². The van der Waals surface area contributed by atoms with Crippen LogP contribution in [0.15, 0.2) is 18.2 Å². The fourth-order valence-electron chi connectivity index (χ4n) is 2.06. The number of amides is 1. The number of hydrogen-bond acceptors (Lipinski definition) is 5. The first kappa shape index (κ1) is 14.7. The minimum absolute atomic E-state index is 0.0137. The van der Waals surface area contributed by atoms with Gasteiger partial charge in [0.05, 0.1) is 17.6 Å². The van der Waals surface area contributed by atoms with Crippen LogP contribution in [0.25, 0.3) is 0 Å². The summed E-state index contributed by atoms with van der Waals surface area (Å²) in [5.41, 5.74) is 5.25. The van der Waals surface area contributed by atoms with Gasteiger partial charge in [0, 0.05) is 30.7 Å². The third kappa shape index (κ3) is 3.06. The molecule has 8 heteroatoms. The van der Waals surface area contributed by atoms with Gasteiger partial charge >= 0.3 is 0 Å². The molecule has 1 fully saturated rings. The van der Waals surface area contributed by atoms with Crippen LogP contribution in [0.3, 0.4) is 0 Å². The third-order valence-electron chi connectivity index (χ3n) is 3.07. The quantitative estimate of drug-likeness (QED) is 0.664. The molecule has 20 heavy (non-hydrogen) atoms. The second-order valence-corrected chi connectivity index (χ2v) is 4.83. The van der Waals surface area contributed by atoms with Crippen LogP contribution in [0.1, 0.15) is 10.4 Å². The van der Waals surface area contributed by atoms with Crippen molar-refractivity contribution in [2.45, 2.75) is 6.10 Å². The van der Waals surface area contributed by atoms with Crippen LogP contribution in [-0.2, 0) is 4.74 Å². The van der Waals surface area contributed by atoms with Gasteiger partial charge in [-0.3, -0.25) is 14.9 Å². The molecule has 1 aliphatic heterocycles. The van der Waals surface area contributed by atoms with Crippen molar-refractivity contribution >= 4 is 23.2 Å². The Balaban J connectivity index is 2.28. The van der Waals surface area contributed by atoms with E-state index in [-0.39, 0.29) is 22.4 Å². The number of morpholine rings is 1. The van der Waals surface area contributed by atoms with Crippen molar-refractivity contribution in [3.63, 3.8) is 0 Å². The SMILES string of the molecule is NCC1CN(C(=O)c2cc(Cl)ccc2[N+](=O)[O-])CCO1. The topological polar surface area (TPSA) is 98.7 Å². The fourth-order valence-corrected chi connectivity index (χ4v) is 2.23. The first-order valence-corrected chi connectivity index (χ1v) is 6.45. The summed E-state index contributed by atoms with van der Waals surface area (Å²) in [6, 6.07) is 3.93. The van der Waals surface area contributed by atoms with Gasteiger partial charge in [0.2, 0.25) is 0 Å². The zero-order valence-corrected chi connectivity index (χ0v) is 11.4. The highest BCUT2D eigenvalue weighted by atomic mass is 35.5. The Hall–Kier alpha value is -1.70. The molecule has 1 heterocycles. The molecule has 0 bridgehead atoms. The van der Waals surface area contributed by atoms with Crippen LogP contribution in [0.2, 0.25) is 5.02 Å². The number of hydrogen-bond donors (Lipinski definition) is 1. The van der Waals surface area contributed by atoms with Gasteiger partial charge in [-0.15, -0.1) is 0 Å². The lowest BCUT2D eigenvalue weighted by atomic mass is 10.1. The monoisotopic (exact) mass is 299 g/mol. The molecule has 1 aromatic carbocycles. The van der Waals surface area contributed by atoms with Crippen molar-refractivity contribution < 1.29 is 14.5 Å². The van der Waals surface area contributed by atoms with Gasteiger partial charge in [0.1, 0.15) is 5.56 Å². The van der Waals surface area contributed by atoms with E-state index in [9.17, 15) is 14.9 Å². The number of carbonyl (C=O) groups excluding carboxylic acids is 1.